The molecule has 0 saturated carbocycles. The topological polar surface area (TPSA) is 81.6 Å². The number of para-hydroxylation sites is 2. The van der Waals surface area contributed by atoms with Crippen molar-refractivity contribution in [2.75, 3.05) is 36.4 Å². The van der Waals surface area contributed by atoms with Crippen molar-refractivity contribution in [3.05, 3.63) is 88.9 Å². The van der Waals surface area contributed by atoms with E-state index in [4.69, 9.17) is 31.5 Å². The average molecular weight is 558 g/mol. The van der Waals surface area contributed by atoms with Gasteiger partial charge in [0, 0.05) is 43.4 Å². The molecular weight excluding hydrogens is 531 g/mol. The van der Waals surface area contributed by atoms with Crippen LogP contribution in [0.3, 0.4) is 0 Å². The number of rotatable bonds is 5. The van der Waals surface area contributed by atoms with Crippen LogP contribution in [0.25, 0.3) is 11.0 Å². The molecule has 0 radical (unpaired) electrons. The summed E-state index contributed by atoms with van der Waals surface area (Å²) >= 11 is 6.16. The van der Waals surface area contributed by atoms with Crippen molar-refractivity contribution in [3.8, 4) is 0 Å². The number of carbonyl (C=O) groups is 1. The second-order valence-corrected chi connectivity index (χ2v) is 9.51. The third-order valence-corrected chi connectivity index (χ3v) is 6.31. The Balaban J connectivity index is 0.000000448. The van der Waals surface area contributed by atoms with Gasteiger partial charge >= 0.3 is 12.1 Å². The summed E-state index contributed by atoms with van der Waals surface area (Å²) in [6.07, 6.45) is -5.08. The maximum Gasteiger partial charge on any atom is 0.490 e. The molecule has 5 rings (SSSR count). The van der Waals surface area contributed by atoms with Gasteiger partial charge in [-0.15, -0.1) is 0 Å². The number of aromatic nitrogens is 2. The van der Waals surface area contributed by atoms with Crippen LogP contribution in [0.1, 0.15) is 11.1 Å². The van der Waals surface area contributed by atoms with Gasteiger partial charge in [0.2, 0.25) is 0 Å². The highest BCUT2D eigenvalue weighted by molar-refractivity contribution is 6.30. The number of halogens is 4. The van der Waals surface area contributed by atoms with Crippen molar-refractivity contribution in [2.45, 2.75) is 19.6 Å². The molecule has 204 valence electrons. The highest BCUT2D eigenvalue weighted by Crippen LogP contribution is 2.29. The fraction of sp³-hybridized carbons (Fsp3) is 0.250. The van der Waals surface area contributed by atoms with Crippen molar-refractivity contribution in [2.24, 2.45) is 0 Å². The summed E-state index contributed by atoms with van der Waals surface area (Å²) in [6.45, 7) is 6.72. The number of carboxylic acids is 1. The molecule has 2 heterocycles. The molecular formula is C28H27ClF3N5O2. The molecule has 0 atom stereocenters. The first-order valence-electron chi connectivity index (χ1n) is 12.2. The van der Waals surface area contributed by atoms with Gasteiger partial charge in [0.25, 0.3) is 0 Å². The van der Waals surface area contributed by atoms with E-state index in [0.717, 1.165) is 66.1 Å². The van der Waals surface area contributed by atoms with E-state index < -0.39 is 12.1 Å². The molecule has 0 amide bonds. The third-order valence-electron chi connectivity index (χ3n) is 6.08. The molecule has 1 aliphatic heterocycles. The Bertz CT molecular complexity index is 1430. The number of aliphatic carboxylic acids is 1. The van der Waals surface area contributed by atoms with Gasteiger partial charge in [-0.3, -0.25) is 4.90 Å². The monoisotopic (exact) mass is 557 g/mol. The Morgan fingerprint density at radius 2 is 1.56 bits per heavy atom. The fourth-order valence-electron chi connectivity index (χ4n) is 4.08. The Hall–Kier alpha value is -3.89. The number of hydrogen-bond acceptors (Lipinski definition) is 6. The van der Waals surface area contributed by atoms with Gasteiger partial charge in [-0.05, 0) is 48.9 Å². The first-order valence-corrected chi connectivity index (χ1v) is 12.6. The maximum absolute atomic E-state index is 10.6. The summed E-state index contributed by atoms with van der Waals surface area (Å²) in [5.41, 5.74) is 5.30. The molecule has 1 fully saturated rings. The van der Waals surface area contributed by atoms with Crippen molar-refractivity contribution < 1.29 is 23.1 Å². The van der Waals surface area contributed by atoms with Crippen LogP contribution in [0.2, 0.25) is 5.02 Å². The first kappa shape index (κ1) is 28.1. The molecule has 0 spiro atoms. The highest BCUT2D eigenvalue weighted by Gasteiger charge is 2.38. The van der Waals surface area contributed by atoms with Gasteiger partial charge in [-0.1, -0.05) is 53.6 Å². The summed E-state index contributed by atoms with van der Waals surface area (Å²) in [5, 5.41) is 11.4. The predicted octanol–water partition coefficient (Wildman–Crippen LogP) is 6.29. The molecule has 1 aliphatic rings. The molecule has 7 nitrogen and oxygen atoms in total. The van der Waals surface area contributed by atoms with Crippen LogP contribution >= 0.6 is 11.6 Å². The van der Waals surface area contributed by atoms with Gasteiger partial charge in [0.15, 0.2) is 11.6 Å². The zero-order chi connectivity index (χ0) is 28.0. The first-order chi connectivity index (χ1) is 18.6. The number of fused-ring (bicyclic) bond motifs is 1. The standard InChI is InChI=1S/C26H26ClN5.C2HF3O2/c1-19-9-11-22(12-10-19)28-25-26(30-24-8-3-2-7-23(24)29-25)32-15-13-31(14-16-32)18-20-5-4-6-21(27)17-20;3-2(4,5)1(6)7/h2-12,17H,13-16,18H2,1H3,(H,28,29);(H,6,7). The van der Waals surface area contributed by atoms with Crippen LogP contribution < -0.4 is 10.2 Å². The lowest BCUT2D eigenvalue weighted by atomic mass is 10.2. The van der Waals surface area contributed by atoms with E-state index in [-0.39, 0.29) is 0 Å². The maximum atomic E-state index is 10.6. The molecule has 39 heavy (non-hydrogen) atoms. The minimum absolute atomic E-state index is 0.791. The number of aryl methyl sites for hydroxylation is 1. The summed E-state index contributed by atoms with van der Waals surface area (Å²) in [6, 6.07) is 24.5. The van der Waals surface area contributed by atoms with Gasteiger partial charge < -0.3 is 15.3 Å². The lowest BCUT2D eigenvalue weighted by molar-refractivity contribution is -0.192. The lowest BCUT2D eigenvalue weighted by Gasteiger charge is -2.36. The Morgan fingerprint density at radius 3 is 2.15 bits per heavy atom. The number of nitrogens with zero attached hydrogens (tertiary/aromatic N) is 4. The quantitative estimate of drug-likeness (QED) is 0.298. The smallest absolute Gasteiger partial charge is 0.475 e. The van der Waals surface area contributed by atoms with Gasteiger partial charge in [0.05, 0.1) is 11.0 Å². The van der Waals surface area contributed by atoms with Gasteiger partial charge in [-0.25, -0.2) is 14.8 Å². The lowest BCUT2D eigenvalue weighted by Crippen LogP contribution is -2.46. The molecule has 2 N–H and O–H groups in total. The summed E-state index contributed by atoms with van der Waals surface area (Å²) in [4.78, 5) is 23.6. The number of hydrogen-bond donors (Lipinski definition) is 2. The van der Waals surface area contributed by atoms with E-state index in [1.807, 2.05) is 42.5 Å². The number of carboxylic acid groups (broad SMARTS) is 1. The fourth-order valence-corrected chi connectivity index (χ4v) is 4.29. The van der Waals surface area contributed by atoms with Crippen LogP contribution in [-0.2, 0) is 11.3 Å². The molecule has 0 bridgehead atoms. The molecule has 1 saturated heterocycles. The largest absolute Gasteiger partial charge is 0.490 e. The highest BCUT2D eigenvalue weighted by atomic mass is 35.5. The van der Waals surface area contributed by atoms with Crippen LogP contribution in [0.4, 0.5) is 30.5 Å². The third kappa shape index (κ3) is 7.81. The molecule has 4 aromatic rings. The molecule has 0 unspecified atom stereocenters. The molecule has 11 heteroatoms. The van der Waals surface area contributed by atoms with Crippen molar-refractivity contribution in [3.63, 3.8) is 0 Å². The van der Waals surface area contributed by atoms with Crippen molar-refractivity contribution >= 4 is 45.9 Å². The normalized spacial score (nSPS) is 14.0. The van der Waals surface area contributed by atoms with E-state index in [2.05, 4.69) is 52.4 Å². The second kappa shape index (κ2) is 12.3. The number of anilines is 3. The van der Waals surface area contributed by atoms with Crippen LogP contribution in [-0.4, -0.2) is 58.3 Å². The SMILES string of the molecule is Cc1ccc(Nc2nc3ccccc3nc2N2CCN(Cc3cccc(Cl)c3)CC2)cc1.O=C(O)C(F)(F)F. The van der Waals surface area contributed by atoms with Gasteiger partial charge in [-0.2, -0.15) is 13.2 Å². The van der Waals surface area contributed by atoms with E-state index in [1.54, 1.807) is 0 Å². The zero-order valence-corrected chi connectivity index (χ0v) is 21.9. The summed E-state index contributed by atoms with van der Waals surface area (Å²) in [7, 11) is 0. The predicted molar refractivity (Wildman–Crippen MR) is 147 cm³/mol. The minimum atomic E-state index is -5.08. The van der Waals surface area contributed by atoms with Crippen molar-refractivity contribution in [1.82, 2.24) is 14.9 Å². The van der Waals surface area contributed by atoms with Gasteiger partial charge in [0.1, 0.15) is 0 Å². The van der Waals surface area contributed by atoms with E-state index in [1.165, 1.54) is 11.1 Å². The van der Waals surface area contributed by atoms with E-state index in [9.17, 15) is 13.2 Å². The Labute approximate surface area is 228 Å². The van der Waals surface area contributed by atoms with Crippen LogP contribution in [0.15, 0.2) is 72.8 Å². The minimum Gasteiger partial charge on any atom is -0.475 e. The van der Waals surface area contributed by atoms with Crippen LogP contribution in [0.5, 0.6) is 0 Å². The van der Waals surface area contributed by atoms with E-state index >= 15 is 0 Å². The summed E-state index contributed by atoms with van der Waals surface area (Å²) in [5.74, 6) is -1.05. The van der Waals surface area contributed by atoms with E-state index in [0.29, 0.717) is 0 Å². The number of benzene rings is 3. The molecule has 3 aromatic carbocycles. The molecule has 0 aliphatic carbocycles. The average Bonchev–Trinajstić information content (AvgIpc) is 2.90. The second-order valence-electron chi connectivity index (χ2n) is 9.07. The zero-order valence-electron chi connectivity index (χ0n) is 21.1. The molecule has 1 aromatic heterocycles. The summed E-state index contributed by atoms with van der Waals surface area (Å²) < 4.78 is 31.7. The number of nitrogens with one attached hydrogen (secondary N) is 1. The number of alkyl halides is 3. The van der Waals surface area contributed by atoms with Crippen molar-refractivity contribution in [1.29, 1.82) is 0 Å². The Morgan fingerprint density at radius 1 is 0.949 bits per heavy atom. The Kier molecular flexibility index (Phi) is 8.88. The van der Waals surface area contributed by atoms with Crippen LogP contribution in [0, 0.1) is 6.92 Å². The number of piperazine rings is 1.